The summed E-state index contributed by atoms with van der Waals surface area (Å²) in [5, 5.41) is 13.7. The molecule has 0 atom stereocenters. The maximum Gasteiger partial charge on any atom is 0.138 e. The Hall–Kier alpha value is -4.03. The minimum atomic E-state index is 0.834. The number of H-pyrrole nitrogens is 2. The Morgan fingerprint density at radius 1 is 0.973 bits per heavy atom. The first-order valence-electron chi connectivity index (χ1n) is 13.3. The molecular formula is C31H30N6. The van der Waals surface area contributed by atoms with E-state index < -0.39 is 0 Å². The number of benzene rings is 1. The molecular weight excluding hydrogens is 456 g/mol. The number of aromatic nitrogens is 5. The Bertz CT molecular complexity index is 1650. The van der Waals surface area contributed by atoms with Crippen LogP contribution in [0, 0.1) is 5.92 Å². The fraction of sp³-hybridized carbons (Fsp3) is 0.258. The molecule has 6 nitrogen and oxygen atoms in total. The number of pyridine rings is 2. The first kappa shape index (κ1) is 22.2. The normalized spacial score (nSPS) is 15.8. The lowest BCUT2D eigenvalue weighted by Crippen LogP contribution is -2.20. The number of fused-ring (bicyclic) bond motifs is 2. The lowest BCUT2D eigenvalue weighted by atomic mass is 10.0. The van der Waals surface area contributed by atoms with Crippen LogP contribution in [0.3, 0.4) is 0 Å². The molecule has 1 saturated carbocycles. The van der Waals surface area contributed by atoms with E-state index in [0.717, 1.165) is 69.9 Å². The van der Waals surface area contributed by atoms with Crippen LogP contribution in [0.2, 0.25) is 0 Å². The lowest BCUT2D eigenvalue weighted by molar-refractivity contribution is 0.489. The molecule has 2 aliphatic rings. The Labute approximate surface area is 215 Å². The summed E-state index contributed by atoms with van der Waals surface area (Å²) in [5.41, 5.74) is 9.67. The molecule has 2 aliphatic carbocycles. The van der Waals surface area contributed by atoms with Crippen LogP contribution in [-0.2, 0) is 6.54 Å². The average Bonchev–Trinajstić information content (AvgIpc) is 3.74. The lowest BCUT2D eigenvalue weighted by Gasteiger charge is -2.11. The highest BCUT2D eigenvalue weighted by molar-refractivity contribution is 6.00. The monoisotopic (exact) mass is 486 g/mol. The van der Waals surface area contributed by atoms with Crippen LogP contribution in [-0.4, -0.2) is 31.7 Å². The minimum Gasteiger partial charge on any atom is -0.338 e. The highest BCUT2D eigenvalue weighted by Crippen LogP contribution is 2.34. The predicted octanol–water partition coefficient (Wildman–Crippen LogP) is 6.79. The van der Waals surface area contributed by atoms with Crippen LogP contribution < -0.4 is 5.32 Å². The van der Waals surface area contributed by atoms with Gasteiger partial charge in [0.1, 0.15) is 11.3 Å². The van der Waals surface area contributed by atoms with Crippen molar-refractivity contribution in [2.75, 3.05) is 6.54 Å². The van der Waals surface area contributed by atoms with E-state index in [9.17, 15) is 0 Å². The molecule has 4 heterocycles. The summed E-state index contributed by atoms with van der Waals surface area (Å²) >= 11 is 0. The van der Waals surface area contributed by atoms with Gasteiger partial charge < -0.3 is 10.3 Å². The van der Waals surface area contributed by atoms with E-state index in [0.29, 0.717) is 0 Å². The van der Waals surface area contributed by atoms with Crippen molar-refractivity contribution in [2.24, 2.45) is 5.92 Å². The molecule has 0 unspecified atom stereocenters. The topological polar surface area (TPSA) is 82.3 Å². The van der Waals surface area contributed by atoms with E-state index in [1.54, 1.807) is 0 Å². The average molecular weight is 487 g/mol. The van der Waals surface area contributed by atoms with Crippen molar-refractivity contribution in [3.8, 4) is 22.5 Å². The number of aromatic amines is 2. The largest absolute Gasteiger partial charge is 0.338 e. The number of hydrogen-bond donors (Lipinski definition) is 3. The van der Waals surface area contributed by atoms with Crippen molar-refractivity contribution in [1.82, 2.24) is 30.5 Å². The molecule has 0 spiro atoms. The number of rotatable bonds is 7. The molecule has 0 bridgehead atoms. The van der Waals surface area contributed by atoms with Gasteiger partial charge in [0, 0.05) is 41.5 Å². The molecule has 0 aliphatic heterocycles. The van der Waals surface area contributed by atoms with Gasteiger partial charge in [-0.15, -0.1) is 0 Å². The summed E-state index contributed by atoms with van der Waals surface area (Å²) in [7, 11) is 0. The molecule has 7 rings (SSSR count). The summed E-state index contributed by atoms with van der Waals surface area (Å²) in [6, 6.07) is 13.0. The van der Waals surface area contributed by atoms with Crippen LogP contribution in [0.25, 0.3) is 50.0 Å². The number of nitrogens with one attached hydrogen (secondary N) is 3. The molecule has 0 amide bonds. The van der Waals surface area contributed by atoms with Gasteiger partial charge in [-0.2, -0.15) is 5.10 Å². The summed E-state index contributed by atoms with van der Waals surface area (Å²) < 4.78 is 0. The molecule has 1 aromatic carbocycles. The zero-order valence-corrected chi connectivity index (χ0v) is 20.8. The quantitative estimate of drug-likeness (QED) is 0.236. The van der Waals surface area contributed by atoms with E-state index in [1.165, 1.54) is 42.4 Å². The van der Waals surface area contributed by atoms with Gasteiger partial charge in [-0.3, -0.25) is 10.1 Å². The van der Waals surface area contributed by atoms with Gasteiger partial charge in [0.15, 0.2) is 0 Å². The third kappa shape index (κ3) is 4.27. The maximum absolute atomic E-state index is 4.68. The van der Waals surface area contributed by atoms with Crippen molar-refractivity contribution in [3.63, 3.8) is 0 Å². The molecule has 1 fully saturated rings. The van der Waals surface area contributed by atoms with E-state index in [2.05, 4.69) is 85.1 Å². The van der Waals surface area contributed by atoms with Gasteiger partial charge in [-0.25, -0.2) is 4.98 Å². The summed E-state index contributed by atoms with van der Waals surface area (Å²) in [4.78, 5) is 12.6. The molecule has 4 aromatic heterocycles. The van der Waals surface area contributed by atoms with Crippen molar-refractivity contribution in [2.45, 2.75) is 38.6 Å². The zero-order chi connectivity index (χ0) is 24.6. The van der Waals surface area contributed by atoms with Gasteiger partial charge in [-0.05, 0) is 84.3 Å². The van der Waals surface area contributed by atoms with Gasteiger partial charge in [0.05, 0.1) is 11.2 Å². The molecule has 6 heteroatoms. The molecule has 0 radical (unpaired) electrons. The second-order valence-electron chi connectivity index (χ2n) is 10.3. The Balaban J connectivity index is 1.19. The first-order chi connectivity index (χ1) is 18.3. The fourth-order valence-corrected chi connectivity index (χ4v) is 5.84. The van der Waals surface area contributed by atoms with E-state index >= 15 is 0 Å². The highest BCUT2D eigenvalue weighted by atomic mass is 15.1. The van der Waals surface area contributed by atoms with E-state index in [-0.39, 0.29) is 0 Å². The molecule has 5 aromatic rings. The summed E-state index contributed by atoms with van der Waals surface area (Å²) in [6.07, 6.45) is 18.9. The zero-order valence-electron chi connectivity index (χ0n) is 20.8. The van der Waals surface area contributed by atoms with Gasteiger partial charge in [-0.1, -0.05) is 37.1 Å². The standard InChI is InChI=1S/C31H30N6/c1-2-6-20(5-1)16-32-17-21-13-24(19-33-18-21)23-9-10-28-27(14-23)30(37-36-28)29-15-26-25(22-7-3-4-8-22)11-12-34-31(26)35-29/h3,7-15,18-20,32H,1-2,4-6,16-17H2,(H,34,35)(H,36,37). The van der Waals surface area contributed by atoms with Gasteiger partial charge in [0.25, 0.3) is 0 Å². The van der Waals surface area contributed by atoms with Gasteiger partial charge >= 0.3 is 0 Å². The molecule has 37 heavy (non-hydrogen) atoms. The third-order valence-electron chi connectivity index (χ3n) is 7.80. The van der Waals surface area contributed by atoms with Crippen LogP contribution in [0.1, 0.15) is 43.2 Å². The smallest absolute Gasteiger partial charge is 0.138 e. The second-order valence-corrected chi connectivity index (χ2v) is 10.3. The van der Waals surface area contributed by atoms with Crippen molar-refractivity contribution < 1.29 is 0 Å². The molecule has 0 saturated heterocycles. The van der Waals surface area contributed by atoms with Crippen molar-refractivity contribution in [3.05, 3.63) is 84.3 Å². The van der Waals surface area contributed by atoms with Crippen LogP contribution >= 0.6 is 0 Å². The SMILES string of the molecule is C1=CC(c2ccnc3[nH]c(-c4n[nH]c5ccc(-c6cncc(CNCC7CCCC7)c6)cc45)cc23)=CC1. The van der Waals surface area contributed by atoms with Crippen molar-refractivity contribution >= 4 is 27.5 Å². The Morgan fingerprint density at radius 3 is 2.81 bits per heavy atom. The van der Waals surface area contributed by atoms with Crippen molar-refractivity contribution in [1.29, 1.82) is 0 Å². The predicted molar refractivity (Wildman–Crippen MR) is 150 cm³/mol. The number of allylic oxidation sites excluding steroid dienone is 4. The minimum absolute atomic E-state index is 0.834. The Kier molecular flexibility index (Phi) is 5.67. The highest BCUT2D eigenvalue weighted by Gasteiger charge is 2.16. The maximum atomic E-state index is 4.68. The van der Waals surface area contributed by atoms with E-state index in [4.69, 9.17) is 0 Å². The first-order valence-corrected chi connectivity index (χ1v) is 13.3. The summed E-state index contributed by atoms with van der Waals surface area (Å²) in [5.74, 6) is 0.834. The van der Waals surface area contributed by atoms with Crippen LogP contribution in [0.15, 0.2) is 73.2 Å². The summed E-state index contributed by atoms with van der Waals surface area (Å²) in [6.45, 7) is 1.95. The number of nitrogens with zero attached hydrogens (tertiary/aromatic N) is 3. The number of hydrogen-bond acceptors (Lipinski definition) is 4. The third-order valence-corrected chi connectivity index (χ3v) is 7.80. The fourth-order valence-electron chi connectivity index (χ4n) is 5.84. The Morgan fingerprint density at radius 2 is 1.92 bits per heavy atom. The van der Waals surface area contributed by atoms with E-state index in [1.807, 2.05) is 18.6 Å². The second kappa shape index (κ2) is 9.45. The molecule has 184 valence electrons. The molecule has 3 N–H and O–H groups in total. The van der Waals surface area contributed by atoms with Gasteiger partial charge in [0.2, 0.25) is 0 Å². The van der Waals surface area contributed by atoms with Crippen LogP contribution in [0.4, 0.5) is 0 Å². The van der Waals surface area contributed by atoms with Crippen LogP contribution in [0.5, 0.6) is 0 Å².